The average molecular weight is 296 g/mol. The third-order valence-corrected chi connectivity index (χ3v) is 6.20. The molecule has 1 heterocycles. The van der Waals surface area contributed by atoms with Gasteiger partial charge in [-0.25, -0.2) is 12.7 Å². The first kappa shape index (κ1) is 15.5. The molecule has 2 N–H and O–H groups in total. The summed E-state index contributed by atoms with van der Waals surface area (Å²) in [7, 11) is -3.17. The van der Waals surface area contributed by atoms with Gasteiger partial charge in [-0.15, -0.1) is 0 Å². The lowest BCUT2D eigenvalue weighted by atomic mass is 9.99. The summed E-state index contributed by atoms with van der Waals surface area (Å²) in [5.74, 6) is 0.686. The fourth-order valence-corrected chi connectivity index (χ4v) is 4.52. The van der Waals surface area contributed by atoms with E-state index < -0.39 is 10.0 Å². The zero-order valence-electron chi connectivity index (χ0n) is 12.0. The van der Waals surface area contributed by atoms with Crippen molar-refractivity contribution in [1.82, 2.24) is 4.31 Å². The van der Waals surface area contributed by atoms with Crippen molar-refractivity contribution in [2.45, 2.75) is 25.7 Å². The highest BCUT2D eigenvalue weighted by Gasteiger charge is 2.28. The number of nitrogens with zero attached hydrogens (tertiary/aromatic N) is 1. The number of rotatable bonds is 5. The highest BCUT2D eigenvalue weighted by molar-refractivity contribution is 7.89. The van der Waals surface area contributed by atoms with Crippen LogP contribution >= 0.6 is 0 Å². The van der Waals surface area contributed by atoms with E-state index in [2.05, 4.69) is 0 Å². The van der Waals surface area contributed by atoms with Crippen molar-refractivity contribution in [3.8, 4) is 0 Å². The third kappa shape index (κ3) is 3.81. The molecule has 2 rings (SSSR count). The van der Waals surface area contributed by atoms with Gasteiger partial charge in [0.25, 0.3) is 0 Å². The van der Waals surface area contributed by atoms with Crippen LogP contribution in [0.25, 0.3) is 0 Å². The van der Waals surface area contributed by atoms with E-state index in [4.69, 9.17) is 5.73 Å². The van der Waals surface area contributed by atoms with Gasteiger partial charge >= 0.3 is 0 Å². The van der Waals surface area contributed by atoms with Crippen LogP contribution in [0, 0.1) is 5.92 Å². The zero-order valence-corrected chi connectivity index (χ0v) is 12.8. The first-order valence-electron chi connectivity index (χ1n) is 7.25. The molecule has 1 aliphatic rings. The van der Waals surface area contributed by atoms with Gasteiger partial charge in [0.1, 0.15) is 0 Å². The molecule has 0 aliphatic carbocycles. The Hall–Kier alpha value is -0.910. The molecule has 0 radical (unpaired) electrons. The lowest BCUT2D eigenvalue weighted by molar-refractivity contribution is 0.278. The van der Waals surface area contributed by atoms with Gasteiger partial charge < -0.3 is 5.73 Å². The Morgan fingerprint density at radius 3 is 2.40 bits per heavy atom. The molecule has 0 saturated carbocycles. The number of sulfonamides is 1. The van der Waals surface area contributed by atoms with E-state index in [1.807, 2.05) is 37.3 Å². The molecule has 1 unspecified atom stereocenters. The van der Waals surface area contributed by atoms with Crippen LogP contribution in [-0.2, 0) is 10.0 Å². The smallest absolute Gasteiger partial charge is 0.214 e. The molecule has 1 saturated heterocycles. The van der Waals surface area contributed by atoms with E-state index in [-0.39, 0.29) is 11.7 Å². The van der Waals surface area contributed by atoms with E-state index >= 15 is 0 Å². The predicted octanol–water partition coefficient (Wildman–Crippen LogP) is 1.79. The van der Waals surface area contributed by atoms with Gasteiger partial charge in [-0.05, 0) is 36.8 Å². The number of piperidine rings is 1. The van der Waals surface area contributed by atoms with Crippen molar-refractivity contribution >= 4 is 10.0 Å². The van der Waals surface area contributed by atoms with E-state index in [1.54, 1.807) is 4.31 Å². The van der Waals surface area contributed by atoms with Crippen LogP contribution in [0.3, 0.4) is 0 Å². The van der Waals surface area contributed by atoms with Crippen molar-refractivity contribution in [1.29, 1.82) is 0 Å². The fraction of sp³-hybridized carbons (Fsp3) is 0.600. The van der Waals surface area contributed by atoms with Gasteiger partial charge in [-0.1, -0.05) is 37.3 Å². The molecule has 0 spiro atoms. The molecular weight excluding hydrogens is 272 g/mol. The second kappa shape index (κ2) is 6.70. The van der Waals surface area contributed by atoms with E-state index in [1.165, 1.54) is 0 Å². The van der Waals surface area contributed by atoms with Crippen LogP contribution in [0.5, 0.6) is 0 Å². The van der Waals surface area contributed by atoms with Crippen LogP contribution in [0.1, 0.15) is 31.2 Å². The highest BCUT2D eigenvalue weighted by Crippen LogP contribution is 2.23. The number of hydrogen-bond acceptors (Lipinski definition) is 3. The third-order valence-electron chi connectivity index (χ3n) is 4.13. The van der Waals surface area contributed by atoms with Gasteiger partial charge in [0, 0.05) is 13.1 Å². The number of nitrogens with two attached hydrogens (primary N) is 1. The van der Waals surface area contributed by atoms with Gasteiger partial charge in [0.2, 0.25) is 10.0 Å². The van der Waals surface area contributed by atoms with Crippen LogP contribution in [0.2, 0.25) is 0 Å². The highest BCUT2D eigenvalue weighted by atomic mass is 32.2. The largest absolute Gasteiger partial charge is 0.330 e. The van der Waals surface area contributed by atoms with Crippen molar-refractivity contribution in [3.63, 3.8) is 0 Å². The van der Waals surface area contributed by atoms with E-state index in [0.717, 1.165) is 18.4 Å². The van der Waals surface area contributed by atoms with Crippen LogP contribution in [0.15, 0.2) is 30.3 Å². The topological polar surface area (TPSA) is 63.4 Å². The summed E-state index contributed by atoms with van der Waals surface area (Å²) in [6.07, 6.45) is 1.77. The summed E-state index contributed by atoms with van der Waals surface area (Å²) in [4.78, 5) is 0. The lowest BCUT2D eigenvalue weighted by Gasteiger charge is -2.31. The Labute approximate surface area is 122 Å². The molecule has 5 heteroatoms. The normalized spacial score (nSPS) is 19.9. The Kier molecular flexibility index (Phi) is 5.18. The Bertz CT molecular complexity index is 508. The molecule has 1 aromatic rings. The minimum atomic E-state index is -3.17. The average Bonchev–Trinajstić information content (AvgIpc) is 2.48. The maximum Gasteiger partial charge on any atom is 0.214 e. The summed E-state index contributed by atoms with van der Waals surface area (Å²) in [6, 6.07) is 9.82. The van der Waals surface area contributed by atoms with E-state index in [9.17, 15) is 8.42 Å². The summed E-state index contributed by atoms with van der Waals surface area (Å²) in [5.41, 5.74) is 6.72. The summed E-state index contributed by atoms with van der Waals surface area (Å²) < 4.78 is 26.6. The molecule has 0 aromatic heterocycles. The second-order valence-corrected chi connectivity index (χ2v) is 7.68. The monoisotopic (exact) mass is 296 g/mol. The molecular formula is C15H24N2O2S. The molecule has 112 valence electrons. The Balaban J connectivity index is 1.98. The Morgan fingerprint density at radius 2 is 1.85 bits per heavy atom. The standard InChI is InChI=1S/C15H24N2O2S/c1-13(15-5-3-2-4-6-15)12-20(18,19)17-9-7-14(11-16)8-10-17/h2-6,13-14H,7-12,16H2,1H3. The maximum atomic E-state index is 12.5. The molecule has 0 bridgehead atoms. The van der Waals surface area contributed by atoms with Gasteiger partial charge in [-0.2, -0.15) is 0 Å². The molecule has 1 aromatic carbocycles. The van der Waals surface area contributed by atoms with Gasteiger partial charge in [0.15, 0.2) is 0 Å². The van der Waals surface area contributed by atoms with Crippen molar-refractivity contribution in [2.24, 2.45) is 11.7 Å². The fourth-order valence-electron chi connectivity index (χ4n) is 2.72. The zero-order chi connectivity index (χ0) is 14.6. The van der Waals surface area contributed by atoms with Crippen molar-refractivity contribution in [3.05, 3.63) is 35.9 Å². The molecule has 0 amide bonds. The van der Waals surface area contributed by atoms with Crippen LogP contribution in [0.4, 0.5) is 0 Å². The van der Waals surface area contributed by atoms with Crippen LogP contribution in [-0.4, -0.2) is 38.1 Å². The summed E-state index contributed by atoms with van der Waals surface area (Å²) in [5, 5.41) is 0. The minimum Gasteiger partial charge on any atom is -0.330 e. The summed E-state index contributed by atoms with van der Waals surface area (Å²) >= 11 is 0. The second-order valence-electron chi connectivity index (χ2n) is 5.67. The van der Waals surface area contributed by atoms with Gasteiger partial charge in [0.05, 0.1) is 5.75 Å². The SMILES string of the molecule is CC(CS(=O)(=O)N1CCC(CN)CC1)c1ccccc1. The number of hydrogen-bond donors (Lipinski definition) is 1. The molecule has 1 atom stereocenters. The van der Waals surface area contributed by atoms with E-state index in [0.29, 0.717) is 25.6 Å². The maximum absolute atomic E-state index is 12.5. The summed E-state index contributed by atoms with van der Waals surface area (Å²) in [6.45, 7) is 3.87. The molecule has 4 nitrogen and oxygen atoms in total. The van der Waals surface area contributed by atoms with Crippen molar-refractivity contribution < 1.29 is 8.42 Å². The first-order valence-corrected chi connectivity index (χ1v) is 8.86. The minimum absolute atomic E-state index is 0.0217. The molecule has 20 heavy (non-hydrogen) atoms. The van der Waals surface area contributed by atoms with Crippen LogP contribution < -0.4 is 5.73 Å². The predicted molar refractivity (Wildman–Crippen MR) is 82.0 cm³/mol. The first-order chi connectivity index (χ1) is 9.53. The quantitative estimate of drug-likeness (QED) is 0.901. The Morgan fingerprint density at radius 1 is 1.25 bits per heavy atom. The number of benzene rings is 1. The lowest BCUT2D eigenvalue weighted by Crippen LogP contribution is -2.41. The molecule has 1 fully saturated rings. The molecule has 1 aliphatic heterocycles. The van der Waals surface area contributed by atoms with Gasteiger partial charge in [-0.3, -0.25) is 0 Å². The van der Waals surface area contributed by atoms with Crippen molar-refractivity contribution in [2.75, 3.05) is 25.4 Å².